The van der Waals surface area contributed by atoms with Gasteiger partial charge in [0.05, 0.1) is 0 Å². The van der Waals surface area contributed by atoms with Gasteiger partial charge < -0.3 is 4.74 Å². The van der Waals surface area contributed by atoms with Crippen LogP contribution >= 0.6 is 0 Å². The molecule has 0 bridgehead atoms. The van der Waals surface area contributed by atoms with Crippen molar-refractivity contribution in [1.29, 1.82) is 0 Å². The molecule has 1 nitrogen and oxygen atoms in total. The first-order valence-electron chi connectivity index (χ1n) is 3.55. The minimum Gasteiger partial charge on any atom is -0.454 e. The van der Waals surface area contributed by atoms with Crippen LogP contribution in [0, 0.1) is 0 Å². The number of hydrogen-bond donors (Lipinski definition) is 0. The van der Waals surface area contributed by atoms with Gasteiger partial charge in [0.1, 0.15) is 12.1 Å². The maximum absolute atomic E-state index is 12.6. The SMILES string of the molecule is FC=C(F)C(F)Oc1ccccc1. The lowest BCUT2D eigenvalue weighted by Gasteiger charge is -2.07. The summed E-state index contributed by atoms with van der Waals surface area (Å²) in [6, 6.07) is 7.77. The zero-order valence-electron chi connectivity index (χ0n) is 6.58. The smallest absolute Gasteiger partial charge is 0.292 e. The van der Waals surface area contributed by atoms with Crippen molar-refractivity contribution in [3.05, 3.63) is 42.5 Å². The highest BCUT2D eigenvalue weighted by atomic mass is 19.2. The van der Waals surface area contributed by atoms with E-state index in [2.05, 4.69) is 4.74 Å². The lowest BCUT2D eigenvalue weighted by atomic mass is 10.3. The van der Waals surface area contributed by atoms with Gasteiger partial charge >= 0.3 is 0 Å². The molecule has 0 aromatic heterocycles. The molecule has 0 radical (unpaired) electrons. The Balaban J connectivity index is 2.60. The van der Waals surface area contributed by atoms with E-state index in [-0.39, 0.29) is 5.75 Å². The second-order valence-electron chi connectivity index (χ2n) is 2.24. The number of hydrogen-bond acceptors (Lipinski definition) is 1. The quantitative estimate of drug-likeness (QED) is 0.708. The summed E-state index contributed by atoms with van der Waals surface area (Å²) in [7, 11) is 0. The summed E-state index contributed by atoms with van der Waals surface area (Å²) in [6.45, 7) is 0. The summed E-state index contributed by atoms with van der Waals surface area (Å²) >= 11 is 0. The topological polar surface area (TPSA) is 9.23 Å². The third-order valence-corrected chi connectivity index (χ3v) is 1.30. The van der Waals surface area contributed by atoms with E-state index in [9.17, 15) is 13.2 Å². The highest BCUT2D eigenvalue weighted by molar-refractivity contribution is 5.21. The van der Waals surface area contributed by atoms with Gasteiger partial charge in [0.2, 0.25) is 5.83 Å². The van der Waals surface area contributed by atoms with E-state index in [0.29, 0.717) is 0 Å². The summed E-state index contributed by atoms with van der Waals surface area (Å²) in [5, 5.41) is 0. The number of para-hydroxylation sites is 1. The molecule has 0 N–H and O–H groups in total. The maximum Gasteiger partial charge on any atom is 0.292 e. The van der Waals surface area contributed by atoms with Crippen LogP contribution in [0.2, 0.25) is 0 Å². The van der Waals surface area contributed by atoms with Crippen molar-refractivity contribution in [2.45, 2.75) is 6.36 Å². The van der Waals surface area contributed by atoms with Gasteiger partial charge in [-0.05, 0) is 12.1 Å². The normalized spacial score (nSPS) is 13.9. The minimum atomic E-state index is -2.38. The Labute approximate surface area is 73.4 Å². The molecule has 0 heterocycles. The number of benzene rings is 1. The number of rotatable bonds is 3. The van der Waals surface area contributed by atoms with Crippen LogP contribution in [0.25, 0.3) is 0 Å². The van der Waals surface area contributed by atoms with Crippen molar-refractivity contribution >= 4 is 0 Å². The summed E-state index contributed by atoms with van der Waals surface area (Å²) in [6.07, 6.45) is -2.85. The van der Waals surface area contributed by atoms with Gasteiger partial charge in [0.25, 0.3) is 6.36 Å². The van der Waals surface area contributed by atoms with Crippen LogP contribution in [0.15, 0.2) is 42.5 Å². The zero-order chi connectivity index (χ0) is 9.68. The van der Waals surface area contributed by atoms with Crippen LogP contribution < -0.4 is 4.74 Å². The van der Waals surface area contributed by atoms with Crippen LogP contribution in [-0.4, -0.2) is 6.36 Å². The molecule has 0 saturated carbocycles. The molecule has 0 spiro atoms. The standard InChI is InChI=1S/C9H7F3O/c10-6-8(11)9(12)13-7-4-2-1-3-5-7/h1-6,9H. The summed E-state index contributed by atoms with van der Waals surface area (Å²) < 4.78 is 40.7. The lowest BCUT2D eigenvalue weighted by Crippen LogP contribution is -2.10. The Morgan fingerprint density at radius 2 is 1.92 bits per heavy atom. The van der Waals surface area contributed by atoms with Gasteiger partial charge in [-0.15, -0.1) is 0 Å². The Bertz CT molecular complexity index is 284. The second-order valence-corrected chi connectivity index (χ2v) is 2.24. The van der Waals surface area contributed by atoms with Crippen molar-refractivity contribution in [3.8, 4) is 5.75 Å². The van der Waals surface area contributed by atoms with Crippen LogP contribution in [0.3, 0.4) is 0 Å². The van der Waals surface area contributed by atoms with E-state index in [1.165, 1.54) is 12.1 Å². The fourth-order valence-corrected chi connectivity index (χ4v) is 0.724. The molecule has 0 saturated heterocycles. The fraction of sp³-hybridized carbons (Fsp3) is 0.111. The molecule has 0 fully saturated rings. The average Bonchev–Trinajstić information content (AvgIpc) is 2.18. The van der Waals surface area contributed by atoms with Crippen molar-refractivity contribution in [2.24, 2.45) is 0 Å². The largest absolute Gasteiger partial charge is 0.454 e. The maximum atomic E-state index is 12.6. The molecular weight excluding hydrogens is 181 g/mol. The van der Waals surface area contributed by atoms with Crippen molar-refractivity contribution < 1.29 is 17.9 Å². The Hall–Kier alpha value is -1.45. The summed E-state index contributed by atoms with van der Waals surface area (Å²) in [5.41, 5.74) is 0. The summed E-state index contributed by atoms with van der Waals surface area (Å²) in [4.78, 5) is 0. The monoisotopic (exact) mass is 188 g/mol. The number of alkyl halides is 1. The molecule has 1 aromatic rings. The van der Waals surface area contributed by atoms with Gasteiger partial charge in [-0.3, -0.25) is 0 Å². The number of ether oxygens (including phenoxy) is 1. The van der Waals surface area contributed by atoms with Gasteiger partial charge in [0, 0.05) is 0 Å². The fourth-order valence-electron chi connectivity index (χ4n) is 0.724. The Morgan fingerprint density at radius 3 is 2.46 bits per heavy atom. The lowest BCUT2D eigenvalue weighted by molar-refractivity contribution is 0.0781. The molecule has 13 heavy (non-hydrogen) atoms. The molecule has 0 amide bonds. The molecule has 0 aliphatic rings. The predicted molar refractivity (Wildman–Crippen MR) is 42.3 cm³/mol. The van der Waals surface area contributed by atoms with Crippen LogP contribution in [0.5, 0.6) is 5.75 Å². The molecule has 0 aliphatic carbocycles. The first-order chi connectivity index (χ1) is 6.24. The third-order valence-electron chi connectivity index (χ3n) is 1.30. The molecule has 4 heteroatoms. The Morgan fingerprint density at radius 1 is 1.31 bits per heavy atom. The zero-order valence-corrected chi connectivity index (χ0v) is 6.58. The minimum absolute atomic E-state index is 0.145. The van der Waals surface area contributed by atoms with E-state index in [0.717, 1.165) is 0 Å². The van der Waals surface area contributed by atoms with E-state index < -0.39 is 18.5 Å². The van der Waals surface area contributed by atoms with Gasteiger partial charge in [-0.25, -0.2) is 8.78 Å². The highest BCUT2D eigenvalue weighted by Crippen LogP contribution is 2.16. The first-order valence-corrected chi connectivity index (χ1v) is 3.55. The Kier molecular flexibility index (Phi) is 3.37. The van der Waals surface area contributed by atoms with Crippen molar-refractivity contribution in [2.75, 3.05) is 0 Å². The van der Waals surface area contributed by atoms with Crippen LogP contribution in [0.4, 0.5) is 13.2 Å². The average molecular weight is 188 g/mol. The molecule has 1 atom stereocenters. The predicted octanol–water partition coefficient (Wildman–Crippen LogP) is 3.14. The van der Waals surface area contributed by atoms with E-state index in [1.54, 1.807) is 18.2 Å². The highest BCUT2D eigenvalue weighted by Gasteiger charge is 2.14. The van der Waals surface area contributed by atoms with Gasteiger partial charge in [0.15, 0.2) is 0 Å². The van der Waals surface area contributed by atoms with Crippen LogP contribution in [0.1, 0.15) is 0 Å². The molecule has 70 valence electrons. The van der Waals surface area contributed by atoms with E-state index in [4.69, 9.17) is 0 Å². The van der Waals surface area contributed by atoms with Crippen molar-refractivity contribution in [3.63, 3.8) is 0 Å². The van der Waals surface area contributed by atoms with Crippen LogP contribution in [-0.2, 0) is 0 Å². The molecule has 0 aliphatic heterocycles. The first kappa shape index (κ1) is 9.64. The summed E-state index contributed by atoms with van der Waals surface area (Å²) in [5.74, 6) is -1.43. The number of halogens is 3. The van der Waals surface area contributed by atoms with E-state index in [1.807, 2.05) is 0 Å². The third kappa shape index (κ3) is 2.82. The van der Waals surface area contributed by atoms with Crippen molar-refractivity contribution in [1.82, 2.24) is 0 Å². The van der Waals surface area contributed by atoms with Gasteiger partial charge in [-0.1, -0.05) is 18.2 Å². The molecule has 1 aromatic carbocycles. The van der Waals surface area contributed by atoms with Gasteiger partial charge in [-0.2, -0.15) is 4.39 Å². The second kappa shape index (κ2) is 4.54. The van der Waals surface area contributed by atoms with E-state index >= 15 is 0 Å². The molecule has 1 rings (SSSR count). The molecule has 1 unspecified atom stereocenters. The molecular formula is C9H7F3O.